The van der Waals surface area contributed by atoms with Crippen LogP contribution in [0.4, 0.5) is 29.5 Å². The Morgan fingerprint density at radius 3 is 1.21 bits per heavy atom. The van der Waals surface area contributed by atoms with Crippen LogP contribution in [0, 0.1) is 5.92 Å². The maximum Gasteiger partial charge on any atom is 0.459 e. The number of nitrogens with zero attached hydrogens (tertiary/aromatic N) is 8. The smallest absolute Gasteiger partial charge is 0.459 e. The average Bonchev–Trinajstić information content (AvgIpc) is 1.64. The number of methoxy groups -OCH3 is 1. The van der Waals surface area contributed by atoms with E-state index in [4.69, 9.17) is 110 Å². The molecule has 140 heavy (non-hydrogen) atoms. The second-order valence-corrected chi connectivity index (χ2v) is 49.0. The number of para-hydroxylation sites is 4. The minimum atomic E-state index is -4.58. The Bertz CT molecular complexity index is 6120. The van der Waals surface area contributed by atoms with Gasteiger partial charge in [-0.3, -0.25) is 37.1 Å². The van der Waals surface area contributed by atoms with Crippen LogP contribution in [-0.2, 0) is 75.5 Å². The first kappa shape index (κ1) is 114. The van der Waals surface area contributed by atoms with Gasteiger partial charge in [-0.1, -0.05) is 153 Å². The number of carbonyl (C=O) groups is 3. The van der Waals surface area contributed by atoms with E-state index in [1.54, 1.807) is 160 Å². The summed E-state index contributed by atoms with van der Waals surface area (Å²) >= 11 is 29.9. The number of imidazole rings is 2. The number of hydrogen-bond acceptors (Lipinski definition) is 31. The number of nitrogen functional groups attached to an aromatic ring is 1. The molecule has 14 atom stereocenters. The third-order valence-electron chi connectivity index (χ3n) is 20.0. The van der Waals surface area contributed by atoms with E-state index in [1.165, 1.54) is 69.8 Å². The first-order valence-electron chi connectivity index (χ1n) is 42.9. The molecule has 6 heterocycles. The Balaban J connectivity index is 0.000000241. The number of carbonyl (C=O) groups excluding carboxylic acids is 3. The van der Waals surface area contributed by atoms with Crippen molar-refractivity contribution in [3.8, 4) is 40.5 Å². The highest BCUT2D eigenvalue weighted by Crippen LogP contribution is 2.62. The van der Waals surface area contributed by atoms with Crippen LogP contribution in [0.15, 0.2) is 219 Å². The number of anilines is 2. The highest BCUT2D eigenvalue weighted by molar-refractivity contribution is 8.24. The van der Waals surface area contributed by atoms with Crippen molar-refractivity contribution in [2.75, 3.05) is 44.6 Å². The van der Waals surface area contributed by atoms with Crippen molar-refractivity contribution in [2.45, 2.75) is 181 Å². The van der Waals surface area contributed by atoms with Gasteiger partial charge in [-0.05, 0) is 201 Å². The number of aliphatic hydroxyl groups excluding tert-OH is 1. The lowest BCUT2D eigenvalue weighted by Gasteiger charge is -2.37. The number of benzene rings is 7. The standard InChI is InChI=1S/C46H51F2N6O8P.C25H33F2N6O8P.C12H17ClNO4P.C6H5Cl2O2P.Cl3OP/c1-8-58-40-38-39(50-43(51-40)52-46(33-18-12-9-13-19-33,34-20-14-10-15-21-34)35-24-26-36(57-7)27-25-35)54(29-49-38)42-44(6,47)32(5)45(48,61-42)28-59-63(56,62-37-22-16-11-17-23-37)53-31(4)41(55)60-30(2)3;1-6-37-19-17-18(30-23(28)31-19)33(13-29-17)22-24(5,26)21(35)25(27,40-22)12-38-42(36,41-16-10-8-7-9-11-16)32-15(4)20(34)39-14(2)3;1-9(2)17-12(15)10(3)14-19(13,16)18-11-7-5-4-6-8-11;7-11(8,9)10-6-4-2-1-3-5-6;1-5(2,3)4/h9-27,29-32,42H,8,28H2,1-7H3,(H,53,56)(H,50,51,52);7-11,13-15,21-22,35H,6,12H2,1-5H3,(H,32,36)(H2,28,30,31);4-10H,1-3H3,(H,14,16);1-5H;/t31-,32-,42+,44+,45+,63?;15-,21-,22+,24+,25+,42?;10-,19?;;/m000../s1. The Morgan fingerprint density at radius 2 is 0.821 bits per heavy atom. The van der Waals surface area contributed by atoms with Crippen LogP contribution in [0.5, 0.6) is 40.5 Å². The van der Waals surface area contributed by atoms with Gasteiger partial charge in [0.25, 0.3) is 5.85 Å². The molecule has 11 aromatic rings. The summed E-state index contributed by atoms with van der Waals surface area (Å²) < 4.78 is 205. The van der Waals surface area contributed by atoms with Gasteiger partial charge in [0.05, 0.1) is 57.2 Å². The first-order chi connectivity index (χ1) is 65.7. The van der Waals surface area contributed by atoms with Crippen LogP contribution in [-0.4, -0.2) is 161 Å². The molecule has 51 heteroatoms. The van der Waals surface area contributed by atoms with Gasteiger partial charge >= 0.3 is 51.5 Å². The van der Waals surface area contributed by atoms with Crippen molar-refractivity contribution in [3.05, 3.63) is 236 Å². The highest BCUT2D eigenvalue weighted by atomic mass is 36.0. The van der Waals surface area contributed by atoms with Crippen molar-refractivity contribution in [1.29, 1.82) is 0 Å². The van der Waals surface area contributed by atoms with E-state index >= 15 is 17.6 Å². The zero-order valence-electron chi connectivity index (χ0n) is 78.0. The molecule has 2 fully saturated rings. The van der Waals surface area contributed by atoms with Crippen molar-refractivity contribution in [1.82, 2.24) is 54.3 Å². The van der Waals surface area contributed by atoms with E-state index in [2.05, 4.69) is 78.8 Å². The monoisotopic (exact) mass is 2170 g/mol. The van der Waals surface area contributed by atoms with Crippen LogP contribution in [0.3, 0.4) is 0 Å². The molecular weight excluding hydrogens is 2060 g/mol. The molecule has 2 aliphatic rings. The molecule has 4 aromatic heterocycles. The molecule has 36 nitrogen and oxygen atoms in total. The maximum absolute atomic E-state index is 17.3. The summed E-state index contributed by atoms with van der Waals surface area (Å²) in [6.45, 7) is 15.6. The Labute approximate surface area is 834 Å². The SMILES string of the molecule is CC(C)OC(=O)[C@H](C)NP(=O)(Cl)Oc1ccccc1.CCOc1nc(N)nc2c1ncn2[C@@H]1O[C@](F)(COP(=O)(N[C@@H](C)C(=O)OC(C)C)Oc2ccccc2)[C@@H](O)[C@@]1(C)F.CCOc1nc(NC(c2ccccc2)(c2ccccc2)c2ccc(OC)cc2)nc2c1ncn2[C@@H]1O[C@](F)(COP(=O)(N[C@@H](C)C(=O)OC(C)C)Oc2ccccc2)[C@@H](C)[C@@]1(C)F.O=P(Cl)(Cl)Cl.O=P(Cl)(Cl)Oc1ccccc1. The molecule has 3 unspecified atom stereocenters. The summed E-state index contributed by atoms with van der Waals surface area (Å²) in [5, 5.41) is 18.5. The summed E-state index contributed by atoms with van der Waals surface area (Å²) in [6, 6.07) is 56.6. The number of ether oxygens (including phenoxy) is 8. The topological polar surface area (TPSA) is 447 Å². The molecule has 0 radical (unpaired) electrons. The number of halogens is 10. The number of alkyl halides is 4. The zero-order chi connectivity index (χ0) is 103. The molecule has 0 amide bonds. The number of fused-ring (bicyclic) bond motifs is 2. The van der Waals surface area contributed by atoms with Crippen LogP contribution >= 0.6 is 101 Å². The van der Waals surface area contributed by atoms with E-state index in [9.17, 15) is 42.3 Å². The largest absolute Gasteiger partial charge is 0.497 e. The fourth-order valence-electron chi connectivity index (χ4n) is 13.5. The third kappa shape index (κ3) is 31.8. The second kappa shape index (κ2) is 49.7. The Hall–Kier alpha value is -9.46. The first-order valence-corrected chi connectivity index (χ1v) is 56.4. The highest BCUT2D eigenvalue weighted by Gasteiger charge is 2.66. The van der Waals surface area contributed by atoms with Gasteiger partial charge in [0, 0.05) is 33.7 Å². The molecule has 2 saturated heterocycles. The van der Waals surface area contributed by atoms with Gasteiger partial charge in [-0.15, -0.1) is 0 Å². The van der Waals surface area contributed by atoms with Crippen LogP contribution < -0.4 is 58.6 Å². The summed E-state index contributed by atoms with van der Waals surface area (Å²) in [5.41, 5.74) is 2.23. The van der Waals surface area contributed by atoms with E-state index in [1.807, 2.05) is 84.9 Å². The maximum atomic E-state index is 17.3. The van der Waals surface area contributed by atoms with Gasteiger partial charge in [0.1, 0.15) is 65.6 Å². The minimum Gasteiger partial charge on any atom is -0.497 e. The number of rotatable bonds is 38. The molecule has 0 aliphatic carbocycles. The van der Waals surface area contributed by atoms with Gasteiger partial charge in [-0.25, -0.2) is 50.9 Å². The number of nitrogens with two attached hydrogens (primary N) is 1. The molecule has 2 aliphatic heterocycles. The summed E-state index contributed by atoms with van der Waals surface area (Å²) in [5.74, 6) is -8.20. The number of nitrogens with one attached hydrogen (secondary N) is 4. The lowest BCUT2D eigenvalue weighted by atomic mass is 9.77. The lowest BCUT2D eigenvalue weighted by molar-refractivity contribution is -0.202. The molecule has 13 rings (SSSR count). The van der Waals surface area contributed by atoms with Gasteiger partial charge < -0.3 is 72.1 Å². The van der Waals surface area contributed by atoms with Gasteiger partial charge in [0.15, 0.2) is 52.2 Å². The summed E-state index contributed by atoms with van der Waals surface area (Å²) in [4.78, 5) is 63.0. The number of aromatic nitrogens is 8. The molecule has 0 bridgehead atoms. The zero-order valence-corrected chi connectivity index (χ0v) is 87.0. The quantitative estimate of drug-likeness (QED) is 0.00688. The van der Waals surface area contributed by atoms with E-state index in [-0.39, 0.29) is 76.8 Å². The second-order valence-electron chi connectivity index (χ2n) is 32.0. The normalized spacial score (nSPS) is 20.9. The van der Waals surface area contributed by atoms with E-state index in [0.717, 1.165) is 34.5 Å². The fraction of sp³-hybridized carbons (Fsp3) is 0.382. The van der Waals surface area contributed by atoms with Gasteiger partial charge in [0.2, 0.25) is 29.5 Å². The van der Waals surface area contributed by atoms with Crippen LogP contribution in [0.1, 0.15) is 126 Å². The number of hydrogen-bond donors (Lipinski definition) is 6. The molecule has 760 valence electrons. The lowest BCUT2D eigenvalue weighted by Crippen LogP contribution is -2.47. The molecule has 0 spiro atoms. The predicted molar refractivity (Wildman–Crippen MR) is 524 cm³/mol. The Morgan fingerprint density at radius 1 is 0.479 bits per heavy atom. The van der Waals surface area contributed by atoms with Crippen molar-refractivity contribution in [2.24, 2.45) is 5.92 Å². The third-order valence-corrected chi connectivity index (χ3v) is 25.7. The number of aliphatic hydroxyl groups is 1. The average molecular weight is 2170 g/mol. The van der Waals surface area contributed by atoms with Crippen molar-refractivity contribution < 1.29 is 125 Å². The minimum absolute atomic E-state index is 0.0166. The number of esters is 3. The van der Waals surface area contributed by atoms with Crippen molar-refractivity contribution in [3.63, 3.8) is 0 Å². The van der Waals surface area contributed by atoms with Gasteiger partial charge in [-0.2, -0.15) is 30.1 Å². The fourth-order valence-corrected chi connectivity index (χ4v) is 19.1. The van der Waals surface area contributed by atoms with E-state index < -0.39 is 148 Å². The predicted octanol–water partition coefficient (Wildman–Crippen LogP) is 22.4. The molecular formula is C89H106Cl6F4N13O23P5. The van der Waals surface area contributed by atoms with Crippen LogP contribution in [0.2, 0.25) is 0 Å². The summed E-state index contributed by atoms with van der Waals surface area (Å²) in [7, 11) is -7.54. The van der Waals surface area contributed by atoms with Crippen molar-refractivity contribution >= 4 is 153 Å². The molecule has 7 N–H and O–H groups in total. The van der Waals surface area contributed by atoms with Crippen LogP contribution in [0.25, 0.3) is 22.3 Å². The molecule has 7 aromatic carbocycles. The molecule has 0 saturated carbocycles. The Kier molecular flexibility index (Phi) is 40.5. The summed E-state index contributed by atoms with van der Waals surface area (Å²) in [6.07, 6.45) is -8.21. The van der Waals surface area contributed by atoms with E-state index in [0.29, 0.717) is 17.2 Å².